The van der Waals surface area contributed by atoms with Crippen molar-refractivity contribution in [1.82, 2.24) is 4.31 Å². The van der Waals surface area contributed by atoms with E-state index in [1.165, 1.54) is 11.4 Å². The van der Waals surface area contributed by atoms with E-state index in [0.29, 0.717) is 6.42 Å². The van der Waals surface area contributed by atoms with Crippen LogP contribution in [-0.2, 0) is 14.8 Å². The molecule has 96 valence electrons. The van der Waals surface area contributed by atoms with Gasteiger partial charge in [-0.15, -0.1) is 0 Å². The Kier molecular flexibility index (Phi) is 4.71. The molecule has 0 heterocycles. The second kappa shape index (κ2) is 4.84. The molecule has 0 aromatic heterocycles. The second-order valence-corrected chi connectivity index (χ2v) is 8.12. The molecule has 0 aliphatic carbocycles. The van der Waals surface area contributed by atoms with Gasteiger partial charge in [0.05, 0.1) is 6.26 Å². The van der Waals surface area contributed by atoms with Gasteiger partial charge >= 0.3 is 0 Å². The van der Waals surface area contributed by atoms with Crippen molar-refractivity contribution in [3.63, 3.8) is 0 Å². The van der Waals surface area contributed by atoms with Crippen molar-refractivity contribution >= 4 is 16.3 Å². The van der Waals surface area contributed by atoms with Crippen LogP contribution in [-0.4, -0.2) is 38.9 Å². The van der Waals surface area contributed by atoms with Gasteiger partial charge in [0.1, 0.15) is 6.29 Å². The third kappa shape index (κ3) is 5.61. The Hall–Kier alpha value is -0.420. The zero-order valence-electron chi connectivity index (χ0n) is 11.1. The molecule has 0 spiro atoms. The van der Waals surface area contributed by atoms with Crippen LogP contribution in [0.5, 0.6) is 0 Å². The number of rotatable bonds is 5. The summed E-state index contributed by atoms with van der Waals surface area (Å²) >= 11 is 0. The Bertz CT molecular complexity index is 343. The molecule has 0 saturated heterocycles. The monoisotopic (exact) mass is 249 g/mol. The Labute approximate surface area is 99.1 Å². The molecule has 0 unspecified atom stereocenters. The van der Waals surface area contributed by atoms with E-state index in [1.54, 1.807) is 6.92 Å². The molecular formula is C11H23NO3S. The smallest absolute Gasteiger partial charge is 0.210 e. The number of hydrogen-bond donors (Lipinski definition) is 0. The molecule has 5 heteroatoms. The van der Waals surface area contributed by atoms with Gasteiger partial charge < -0.3 is 4.79 Å². The van der Waals surface area contributed by atoms with Gasteiger partial charge in [-0.1, -0.05) is 27.7 Å². The summed E-state index contributed by atoms with van der Waals surface area (Å²) in [4.78, 5) is 11.1. The van der Waals surface area contributed by atoms with E-state index in [0.717, 1.165) is 12.5 Å². The summed E-state index contributed by atoms with van der Waals surface area (Å²) < 4.78 is 23.8. The molecule has 4 nitrogen and oxygen atoms in total. The summed E-state index contributed by atoms with van der Waals surface area (Å²) in [5, 5.41) is 0. The molecule has 0 amide bonds. The Balaban J connectivity index is 4.81. The van der Waals surface area contributed by atoms with Gasteiger partial charge in [0.25, 0.3) is 0 Å². The van der Waals surface area contributed by atoms with E-state index in [1.807, 2.05) is 20.8 Å². The maximum atomic E-state index is 11.3. The minimum Gasteiger partial charge on any atom is -0.303 e. The SMILES string of the molecule is CN(C[C@@](C)(C=O)CC(C)(C)C)S(C)(=O)=O. The normalized spacial score (nSPS) is 17.2. The van der Waals surface area contributed by atoms with Crippen LogP contribution < -0.4 is 0 Å². The van der Waals surface area contributed by atoms with Gasteiger partial charge in [-0.25, -0.2) is 12.7 Å². The van der Waals surface area contributed by atoms with E-state index >= 15 is 0 Å². The Morgan fingerprint density at radius 1 is 1.19 bits per heavy atom. The molecule has 0 radical (unpaired) electrons. The molecule has 0 aromatic rings. The van der Waals surface area contributed by atoms with Gasteiger partial charge in [-0.2, -0.15) is 0 Å². The van der Waals surface area contributed by atoms with Gasteiger partial charge in [-0.3, -0.25) is 0 Å². The number of hydrogen-bond acceptors (Lipinski definition) is 3. The van der Waals surface area contributed by atoms with Crippen molar-refractivity contribution in [2.75, 3.05) is 19.8 Å². The minimum absolute atomic E-state index is 0.00595. The van der Waals surface area contributed by atoms with Crippen molar-refractivity contribution in [1.29, 1.82) is 0 Å². The molecule has 0 fully saturated rings. The zero-order chi connectivity index (χ0) is 13.2. The standard InChI is InChI=1S/C11H23NO3S/c1-10(2,3)7-11(4,9-13)8-12(5)16(6,14)15/h9H,7-8H2,1-6H3/t11-/m0/s1. The molecule has 0 aliphatic rings. The summed E-state index contributed by atoms with van der Waals surface area (Å²) in [5.74, 6) is 0. The van der Waals surface area contributed by atoms with E-state index in [2.05, 4.69) is 0 Å². The van der Waals surface area contributed by atoms with Crippen LogP contribution in [0.2, 0.25) is 0 Å². The molecule has 0 N–H and O–H groups in total. The highest BCUT2D eigenvalue weighted by atomic mass is 32.2. The molecule has 0 saturated carbocycles. The molecule has 0 rings (SSSR count). The average molecular weight is 249 g/mol. The first kappa shape index (κ1) is 15.6. The fraction of sp³-hybridized carbons (Fsp3) is 0.909. The summed E-state index contributed by atoms with van der Waals surface area (Å²) in [7, 11) is -1.73. The van der Waals surface area contributed by atoms with Crippen LogP contribution in [0.25, 0.3) is 0 Å². The van der Waals surface area contributed by atoms with E-state index in [-0.39, 0.29) is 12.0 Å². The molecule has 1 atom stereocenters. The van der Waals surface area contributed by atoms with E-state index in [4.69, 9.17) is 0 Å². The van der Waals surface area contributed by atoms with Crippen LogP contribution >= 0.6 is 0 Å². The number of sulfonamides is 1. The number of carbonyl (C=O) groups excluding carboxylic acids is 1. The molecule has 16 heavy (non-hydrogen) atoms. The van der Waals surface area contributed by atoms with Gasteiger partial charge in [0.15, 0.2) is 0 Å². The average Bonchev–Trinajstić information content (AvgIpc) is 1.98. The van der Waals surface area contributed by atoms with E-state index < -0.39 is 15.4 Å². The predicted molar refractivity (Wildman–Crippen MR) is 65.7 cm³/mol. The second-order valence-electron chi connectivity index (χ2n) is 6.03. The van der Waals surface area contributed by atoms with Crippen molar-refractivity contribution in [2.24, 2.45) is 10.8 Å². The summed E-state index contributed by atoms with van der Waals surface area (Å²) in [6.07, 6.45) is 2.67. The van der Waals surface area contributed by atoms with Crippen molar-refractivity contribution in [3.05, 3.63) is 0 Å². The first-order chi connectivity index (χ1) is 6.90. The third-order valence-corrected chi connectivity index (χ3v) is 3.63. The quantitative estimate of drug-likeness (QED) is 0.694. The largest absolute Gasteiger partial charge is 0.303 e. The lowest BCUT2D eigenvalue weighted by Crippen LogP contribution is -2.39. The lowest BCUT2D eigenvalue weighted by Gasteiger charge is -2.33. The fourth-order valence-corrected chi connectivity index (χ4v) is 2.50. The summed E-state index contributed by atoms with van der Waals surface area (Å²) in [5.41, 5.74) is -0.635. The highest BCUT2D eigenvalue weighted by Gasteiger charge is 2.32. The van der Waals surface area contributed by atoms with Crippen molar-refractivity contribution < 1.29 is 13.2 Å². The zero-order valence-corrected chi connectivity index (χ0v) is 11.9. The molecule has 0 aromatic carbocycles. The number of carbonyl (C=O) groups is 1. The van der Waals surface area contributed by atoms with Gasteiger partial charge in [0.2, 0.25) is 10.0 Å². The molecule has 0 bridgehead atoms. The molecule has 0 aliphatic heterocycles. The lowest BCUT2D eigenvalue weighted by molar-refractivity contribution is -0.117. The maximum absolute atomic E-state index is 11.3. The van der Waals surface area contributed by atoms with Crippen LogP contribution in [0.3, 0.4) is 0 Å². The first-order valence-electron chi connectivity index (χ1n) is 5.27. The summed E-state index contributed by atoms with van der Waals surface area (Å²) in [6.45, 7) is 8.14. The van der Waals surface area contributed by atoms with Crippen LogP contribution in [0, 0.1) is 10.8 Å². The Morgan fingerprint density at radius 3 is 1.88 bits per heavy atom. The maximum Gasteiger partial charge on any atom is 0.210 e. The molecular weight excluding hydrogens is 226 g/mol. The van der Waals surface area contributed by atoms with Crippen molar-refractivity contribution in [3.8, 4) is 0 Å². The van der Waals surface area contributed by atoms with E-state index in [9.17, 15) is 13.2 Å². The van der Waals surface area contributed by atoms with Gasteiger partial charge in [-0.05, 0) is 11.8 Å². The highest BCUT2D eigenvalue weighted by molar-refractivity contribution is 7.88. The van der Waals surface area contributed by atoms with Crippen molar-refractivity contribution in [2.45, 2.75) is 34.1 Å². The highest BCUT2D eigenvalue weighted by Crippen LogP contribution is 2.32. The van der Waals surface area contributed by atoms with Gasteiger partial charge in [0, 0.05) is 19.0 Å². The lowest BCUT2D eigenvalue weighted by atomic mass is 9.76. The van der Waals surface area contributed by atoms with Crippen LogP contribution in [0.1, 0.15) is 34.1 Å². The fourth-order valence-electron chi connectivity index (χ4n) is 1.97. The topological polar surface area (TPSA) is 54.5 Å². The van der Waals surface area contributed by atoms with Crippen LogP contribution in [0.15, 0.2) is 0 Å². The van der Waals surface area contributed by atoms with Crippen LogP contribution in [0.4, 0.5) is 0 Å². The third-order valence-electron chi connectivity index (χ3n) is 2.37. The number of nitrogens with zero attached hydrogens (tertiary/aromatic N) is 1. The summed E-state index contributed by atoms with van der Waals surface area (Å²) in [6, 6.07) is 0. The first-order valence-corrected chi connectivity index (χ1v) is 7.12. The minimum atomic E-state index is -3.23. The number of aldehydes is 1. The Morgan fingerprint density at radius 2 is 1.62 bits per heavy atom. The predicted octanol–water partition coefficient (Wildman–Crippen LogP) is 1.52.